The molecule has 0 aliphatic carbocycles. The normalized spacial score (nSPS) is 13.3. The highest BCUT2D eigenvalue weighted by atomic mass is 16.6. The summed E-state index contributed by atoms with van der Waals surface area (Å²) in [4.78, 5) is 49.0. The van der Waals surface area contributed by atoms with Gasteiger partial charge in [-0.3, -0.25) is 4.79 Å². The second-order valence-corrected chi connectivity index (χ2v) is 7.54. The minimum Gasteiger partial charge on any atom is -0.461 e. The SMILES string of the molecule is COCCOC(=O)COC(=O)C(C)OC(=O)C(Cc1ccccc1)NC(=O)C(N)CCCCN. The molecule has 34 heavy (non-hydrogen) atoms. The number of amides is 1. The highest BCUT2D eigenvalue weighted by molar-refractivity contribution is 5.89. The summed E-state index contributed by atoms with van der Waals surface area (Å²) in [7, 11) is 1.45. The molecule has 11 nitrogen and oxygen atoms in total. The molecule has 3 atom stereocenters. The summed E-state index contributed by atoms with van der Waals surface area (Å²) in [5.41, 5.74) is 12.2. The number of nitrogens with two attached hydrogens (primary N) is 2. The van der Waals surface area contributed by atoms with E-state index < -0.39 is 48.6 Å². The first kappa shape index (κ1) is 29.0. The molecule has 0 bridgehead atoms. The molecule has 1 amide bonds. The summed E-state index contributed by atoms with van der Waals surface area (Å²) >= 11 is 0. The third-order valence-electron chi connectivity index (χ3n) is 4.70. The van der Waals surface area contributed by atoms with Gasteiger partial charge in [-0.15, -0.1) is 0 Å². The summed E-state index contributed by atoms with van der Waals surface area (Å²) in [5, 5.41) is 2.61. The van der Waals surface area contributed by atoms with Crippen LogP contribution in [0.4, 0.5) is 0 Å². The van der Waals surface area contributed by atoms with Crippen molar-refractivity contribution in [3.63, 3.8) is 0 Å². The van der Waals surface area contributed by atoms with Gasteiger partial charge in [0.1, 0.15) is 12.6 Å². The Morgan fingerprint density at radius 1 is 1.00 bits per heavy atom. The highest BCUT2D eigenvalue weighted by Crippen LogP contribution is 2.08. The number of nitrogens with one attached hydrogen (secondary N) is 1. The average molecular weight is 482 g/mol. The van der Waals surface area contributed by atoms with Gasteiger partial charge in [0.15, 0.2) is 12.7 Å². The van der Waals surface area contributed by atoms with E-state index in [9.17, 15) is 19.2 Å². The Morgan fingerprint density at radius 2 is 1.71 bits per heavy atom. The van der Waals surface area contributed by atoms with Crippen LogP contribution in [0.3, 0.4) is 0 Å². The Morgan fingerprint density at radius 3 is 2.35 bits per heavy atom. The smallest absolute Gasteiger partial charge is 0.347 e. The molecule has 3 unspecified atom stereocenters. The second-order valence-electron chi connectivity index (χ2n) is 7.54. The Labute approximate surface area is 199 Å². The maximum absolute atomic E-state index is 12.8. The lowest BCUT2D eigenvalue weighted by molar-refractivity contribution is -0.172. The van der Waals surface area contributed by atoms with Crippen LogP contribution in [0.5, 0.6) is 0 Å². The lowest BCUT2D eigenvalue weighted by atomic mass is 10.0. The van der Waals surface area contributed by atoms with Crippen LogP contribution in [-0.2, 0) is 44.5 Å². The molecule has 0 aliphatic heterocycles. The average Bonchev–Trinajstić information content (AvgIpc) is 2.82. The van der Waals surface area contributed by atoms with Crippen molar-refractivity contribution in [2.75, 3.05) is 33.5 Å². The van der Waals surface area contributed by atoms with Gasteiger partial charge in [0.25, 0.3) is 0 Å². The number of hydrogen-bond donors (Lipinski definition) is 3. The van der Waals surface area contributed by atoms with E-state index in [1.807, 2.05) is 6.07 Å². The van der Waals surface area contributed by atoms with Gasteiger partial charge in [-0.1, -0.05) is 36.8 Å². The molecule has 190 valence electrons. The largest absolute Gasteiger partial charge is 0.461 e. The highest BCUT2D eigenvalue weighted by Gasteiger charge is 2.29. The number of carbonyl (C=O) groups is 4. The Hall–Kier alpha value is -3.02. The van der Waals surface area contributed by atoms with Gasteiger partial charge in [-0.2, -0.15) is 0 Å². The first-order chi connectivity index (χ1) is 16.3. The van der Waals surface area contributed by atoms with Gasteiger partial charge in [-0.05, 0) is 31.9 Å². The van der Waals surface area contributed by atoms with Gasteiger partial charge in [-0.25, -0.2) is 14.4 Å². The van der Waals surface area contributed by atoms with E-state index in [1.165, 1.54) is 14.0 Å². The van der Waals surface area contributed by atoms with Crippen LogP contribution in [-0.4, -0.2) is 75.5 Å². The standard InChI is InChI=1S/C23H35N3O8/c1-16(22(29)33-15-20(27)32-13-12-31-2)34-23(30)19(14-17-8-4-3-5-9-17)26-21(28)18(25)10-6-7-11-24/h3-5,8-9,16,18-19H,6-7,10-15,24-25H2,1-2H3,(H,26,28). The van der Waals surface area contributed by atoms with Gasteiger partial charge in [0.05, 0.1) is 12.6 Å². The van der Waals surface area contributed by atoms with E-state index in [0.717, 1.165) is 12.0 Å². The predicted molar refractivity (Wildman–Crippen MR) is 122 cm³/mol. The maximum atomic E-state index is 12.8. The van der Waals surface area contributed by atoms with Crippen molar-refractivity contribution in [2.24, 2.45) is 11.5 Å². The van der Waals surface area contributed by atoms with Crippen LogP contribution in [0.1, 0.15) is 31.7 Å². The molecule has 0 spiro atoms. The van der Waals surface area contributed by atoms with Crippen LogP contribution in [0, 0.1) is 0 Å². The molecule has 11 heteroatoms. The first-order valence-corrected chi connectivity index (χ1v) is 11.1. The molecule has 1 rings (SSSR count). The molecule has 0 aliphatic rings. The summed E-state index contributed by atoms with van der Waals surface area (Å²) < 4.78 is 19.5. The molecular weight excluding hydrogens is 446 g/mol. The number of methoxy groups -OCH3 is 1. The summed E-state index contributed by atoms with van der Waals surface area (Å²) in [5.74, 6) is -3.04. The Balaban J connectivity index is 2.70. The fourth-order valence-corrected chi connectivity index (χ4v) is 2.79. The molecule has 0 radical (unpaired) electrons. The number of benzene rings is 1. The fraction of sp³-hybridized carbons (Fsp3) is 0.565. The number of rotatable bonds is 16. The molecular formula is C23H35N3O8. The second kappa shape index (κ2) is 16.6. The predicted octanol–water partition coefficient (Wildman–Crippen LogP) is -0.165. The van der Waals surface area contributed by atoms with E-state index in [2.05, 4.69) is 5.32 Å². The van der Waals surface area contributed by atoms with Gasteiger partial charge < -0.3 is 35.7 Å². The molecule has 0 saturated heterocycles. The van der Waals surface area contributed by atoms with Gasteiger partial charge in [0, 0.05) is 13.5 Å². The third kappa shape index (κ3) is 11.7. The van der Waals surface area contributed by atoms with E-state index >= 15 is 0 Å². The molecule has 0 aromatic heterocycles. The summed E-state index contributed by atoms with van der Waals surface area (Å²) in [6, 6.07) is 7.10. The number of ether oxygens (including phenoxy) is 4. The molecule has 5 N–H and O–H groups in total. The fourth-order valence-electron chi connectivity index (χ4n) is 2.79. The summed E-state index contributed by atoms with van der Waals surface area (Å²) in [6.07, 6.45) is 0.646. The van der Waals surface area contributed by atoms with Crippen molar-refractivity contribution < 1.29 is 38.1 Å². The first-order valence-electron chi connectivity index (χ1n) is 11.1. The zero-order valence-corrected chi connectivity index (χ0v) is 19.7. The number of hydrogen-bond acceptors (Lipinski definition) is 10. The molecule has 0 fully saturated rings. The van der Waals surface area contributed by atoms with E-state index in [1.54, 1.807) is 24.3 Å². The number of unbranched alkanes of at least 4 members (excludes halogenated alkanes) is 1. The van der Waals surface area contributed by atoms with Gasteiger partial charge >= 0.3 is 17.9 Å². The molecule has 1 aromatic carbocycles. The monoisotopic (exact) mass is 481 g/mol. The van der Waals surface area contributed by atoms with E-state index in [0.29, 0.717) is 19.4 Å². The quantitative estimate of drug-likeness (QED) is 0.164. The van der Waals surface area contributed by atoms with Crippen LogP contribution < -0.4 is 16.8 Å². The molecule has 1 aromatic rings. The Bertz CT molecular complexity index is 775. The molecule has 0 saturated carbocycles. The topological polar surface area (TPSA) is 169 Å². The van der Waals surface area contributed by atoms with Crippen LogP contribution in [0.25, 0.3) is 0 Å². The van der Waals surface area contributed by atoms with Crippen molar-refractivity contribution >= 4 is 23.8 Å². The van der Waals surface area contributed by atoms with Gasteiger partial charge in [0.2, 0.25) is 5.91 Å². The van der Waals surface area contributed by atoms with Crippen LogP contribution in [0.15, 0.2) is 30.3 Å². The van der Waals surface area contributed by atoms with Crippen LogP contribution >= 0.6 is 0 Å². The van der Waals surface area contributed by atoms with Crippen molar-refractivity contribution in [2.45, 2.75) is 50.8 Å². The third-order valence-corrected chi connectivity index (χ3v) is 4.70. The number of esters is 3. The molecule has 0 heterocycles. The van der Waals surface area contributed by atoms with Crippen molar-refractivity contribution in [3.05, 3.63) is 35.9 Å². The minimum absolute atomic E-state index is 0.0205. The van der Waals surface area contributed by atoms with Crippen molar-refractivity contribution in [1.82, 2.24) is 5.32 Å². The maximum Gasteiger partial charge on any atom is 0.347 e. The van der Waals surface area contributed by atoms with E-state index in [-0.39, 0.29) is 19.6 Å². The number of carbonyl (C=O) groups excluding carboxylic acids is 4. The zero-order valence-electron chi connectivity index (χ0n) is 19.7. The lowest BCUT2D eigenvalue weighted by Gasteiger charge is -2.22. The van der Waals surface area contributed by atoms with E-state index in [4.69, 9.17) is 30.4 Å². The van der Waals surface area contributed by atoms with Crippen molar-refractivity contribution in [1.29, 1.82) is 0 Å². The minimum atomic E-state index is -1.31. The Kier molecular flexibility index (Phi) is 14.1. The van der Waals surface area contributed by atoms with Crippen LogP contribution in [0.2, 0.25) is 0 Å². The van der Waals surface area contributed by atoms with Crippen molar-refractivity contribution in [3.8, 4) is 0 Å². The summed E-state index contributed by atoms with van der Waals surface area (Å²) in [6.45, 7) is 1.39. The lowest BCUT2D eigenvalue weighted by Crippen LogP contribution is -2.50. The zero-order chi connectivity index (χ0) is 25.3.